The Hall–Kier alpha value is -4.14. The summed E-state index contributed by atoms with van der Waals surface area (Å²) in [6, 6.07) is 17.5. The predicted molar refractivity (Wildman–Crippen MR) is 128 cm³/mol. The number of benzene rings is 3. The van der Waals surface area contributed by atoms with Crippen LogP contribution in [0, 0.1) is 0 Å². The quantitative estimate of drug-likeness (QED) is 0.388. The highest BCUT2D eigenvalue weighted by Gasteiger charge is 2.33. The molecule has 0 unspecified atom stereocenters. The van der Waals surface area contributed by atoms with Gasteiger partial charge in [-0.1, -0.05) is 6.07 Å². The lowest BCUT2D eigenvalue weighted by Gasteiger charge is -2.37. The average molecular weight is 463 g/mol. The van der Waals surface area contributed by atoms with Crippen LogP contribution in [-0.2, 0) is 13.6 Å². The standard InChI is InChI=1S/C25H23F2N5O2/c1-3-28-17-5-4-16-14-31(19-8-11-21-23(13-19)30(2)15-29-21)25(33)32(22(16)12-17)18-6-9-20(10-7-18)34-24(26)27/h4-13,15,24,28H,3,14H2,1-2H3. The summed E-state index contributed by atoms with van der Waals surface area (Å²) in [5.74, 6) is 0.0309. The van der Waals surface area contributed by atoms with E-state index in [2.05, 4.69) is 15.0 Å². The summed E-state index contributed by atoms with van der Waals surface area (Å²) in [5.41, 5.74) is 5.64. The average Bonchev–Trinajstić information content (AvgIpc) is 3.19. The molecule has 0 atom stereocenters. The van der Waals surface area contributed by atoms with Gasteiger partial charge in [-0.25, -0.2) is 9.78 Å². The number of aromatic nitrogens is 2. The third-order valence-electron chi connectivity index (χ3n) is 5.80. The van der Waals surface area contributed by atoms with Crippen molar-refractivity contribution in [3.8, 4) is 5.75 Å². The van der Waals surface area contributed by atoms with Gasteiger partial charge < -0.3 is 14.6 Å². The number of aryl methyl sites for hydroxylation is 1. The second-order valence-corrected chi connectivity index (χ2v) is 7.98. The Morgan fingerprint density at radius 1 is 1.06 bits per heavy atom. The van der Waals surface area contributed by atoms with E-state index in [0.717, 1.165) is 40.2 Å². The van der Waals surface area contributed by atoms with E-state index in [1.54, 1.807) is 28.3 Å². The van der Waals surface area contributed by atoms with E-state index in [0.29, 0.717) is 12.2 Å². The number of amides is 2. The maximum absolute atomic E-state index is 13.8. The monoisotopic (exact) mass is 463 g/mol. The molecular formula is C25H23F2N5O2. The van der Waals surface area contributed by atoms with Crippen molar-refractivity contribution in [2.24, 2.45) is 7.05 Å². The van der Waals surface area contributed by atoms with Gasteiger partial charge in [0, 0.05) is 25.0 Å². The lowest BCUT2D eigenvalue weighted by Crippen LogP contribution is -2.45. The van der Waals surface area contributed by atoms with E-state index in [1.807, 2.05) is 54.9 Å². The molecule has 2 amide bonds. The normalized spacial score (nSPS) is 13.5. The molecule has 3 aromatic carbocycles. The third-order valence-corrected chi connectivity index (χ3v) is 5.80. The number of ether oxygens (including phenoxy) is 1. The van der Waals surface area contributed by atoms with Crippen LogP contribution in [0.25, 0.3) is 11.0 Å². The summed E-state index contributed by atoms with van der Waals surface area (Å²) in [6.07, 6.45) is 1.74. The van der Waals surface area contributed by atoms with Crippen LogP contribution in [-0.4, -0.2) is 28.7 Å². The largest absolute Gasteiger partial charge is 0.435 e. The van der Waals surface area contributed by atoms with Gasteiger partial charge in [0.15, 0.2) is 0 Å². The van der Waals surface area contributed by atoms with Crippen LogP contribution < -0.4 is 19.9 Å². The topological polar surface area (TPSA) is 62.6 Å². The zero-order valence-corrected chi connectivity index (χ0v) is 18.7. The zero-order chi connectivity index (χ0) is 23.8. The predicted octanol–water partition coefficient (Wildman–Crippen LogP) is 5.88. The van der Waals surface area contributed by atoms with Crippen molar-refractivity contribution >= 4 is 39.8 Å². The van der Waals surface area contributed by atoms with E-state index in [1.165, 1.54) is 12.1 Å². The number of halogens is 2. The molecule has 1 aliphatic heterocycles. The summed E-state index contributed by atoms with van der Waals surface area (Å²) in [6.45, 7) is 0.222. The highest BCUT2D eigenvalue weighted by atomic mass is 19.3. The number of fused-ring (bicyclic) bond motifs is 2. The highest BCUT2D eigenvalue weighted by molar-refractivity contribution is 6.11. The van der Waals surface area contributed by atoms with E-state index in [-0.39, 0.29) is 11.8 Å². The number of carbonyl (C=O) groups excluding carboxylic acids is 1. The number of urea groups is 1. The van der Waals surface area contributed by atoms with Crippen LogP contribution in [0.3, 0.4) is 0 Å². The number of nitrogens with zero attached hydrogens (tertiary/aromatic N) is 4. The van der Waals surface area contributed by atoms with Crippen molar-refractivity contribution in [1.82, 2.24) is 9.55 Å². The first-order valence-corrected chi connectivity index (χ1v) is 10.9. The smallest absolute Gasteiger partial charge is 0.387 e. The summed E-state index contributed by atoms with van der Waals surface area (Å²) >= 11 is 0. The van der Waals surface area contributed by atoms with Crippen molar-refractivity contribution in [1.29, 1.82) is 0 Å². The zero-order valence-electron chi connectivity index (χ0n) is 18.7. The minimum atomic E-state index is -2.91. The molecule has 0 fully saturated rings. The highest BCUT2D eigenvalue weighted by Crippen LogP contribution is 2.39. The van der Waals surface area contributed by atoms with Crippen LogP contribution >= 0.6 is 0 Å². The summed E-state index contributed by atoms with van der Waals surface area (Å²) in [4.78, 5) is 21.5. The summed E-state index contributed by atoms with van der Waals surface area (Å²) in [7, 11) is 1.91. The van der Waals surface area contributed by atoms with Gasteiger partial charge in [-0.15, -0.1) is 0 Å². The van der Waals surface area contributed by atoms with Crippen LogP contribution in [0.1, 0.15) is 12.5 Å². The van der Waals surface area contributed by atoms with Crippen LogP contribution in [0.15, 0.2) is 67.0 Å². The van der Waals surface area contributed by atoms with Gasteiger partial charge in [-0.2, -0.15) is 8.78 Å². The molecule has 1 N–H and O–H groups in total. The van der Waals surface area contributed by atoms with Crippen LogP contribution in [0.4, 0.5) is 36.3 Å². The molecule has 2 heterocycles. The SMILES string of the molecule is CCNc1ccc2c(c1)N(c1ccc(OC(F)F)cc1)C(=O)N(c1ccc3ncn(C)c3c1)C2. The number of rotatable bonds is 6. The lowest BCUT2D eigenvalue weighted by atomic mass is 10.1. The molecule has 9 heteroatoms. The van der Waals surface area contributed by atoms with E-state index >= 15 is 0 Å². The Bertz CT molecular complexity index is 1350. The molecule has 0 saturated heterocycles. The van der Waals surface area contributed by atoms with Gasteiger partial charge in [0.05, 0.1) is 35.3 Å². The molecule has 4 aromatic rings. The number of hydrogen-bond donors (Lipinski definition) is 1. The van der Waals surface area contributed by atoms with Gasteiger partial charge in [-0.3, -0.25) is 9.80 Å². The number of imidazole rings is 1. The number of alkyl halides is 2. The summed E-state index contributed by atoms with van der Waals surface area (Å²) < 4.78 is 31.6. The number of anilines is 4. The second-order valence-electron chi connectivity index (χ2n) is 7.98. The first kappa shape index (κ1) is 21.7. The Balaban J connectivity index is 1.59. The molecule has 0 saturated carbocycles. The first-order valence-electron chi connectivity index (χ1n) is 10.9. The first-order chi connectivity index (χ1) is 16.4. The van der Waals surface area contributed by atoms with Gasteiger partial charge in [0.25, 0.3) is 0 Å². The van der Waals surface area contributed by atoms with E-state index < -0.39 is 6.61 Å². The van der Waals surface area contributed by atoms with Gasteiger partial charge in [0.2, 0.25) is 0 Å². The van der Waals surface area contributed by atoms with Crippen molar-refractivity contribution in [2.75, 3.05) is 21.7 Å². The van der Waals surface area contributed by atoms with Crippen LogP contribution in [0.5, 0.6) is 5.75 Å². The van der Waals surface area contributed by atoms with Crippen molar-refractivity contribution in [2.45, 2.75) is 20.1 Å². The minimum Gasteiger partial charge on any atom is -0.435 e. The molecule has 0 radical (unpaired) electrons. The minimum absolute atomic E-state index is 0.0309. The number of hydrogen-bond acceptors (Lipinski definition) is 4. The van der Waals surface area contributed by atoms with Crippen molar-refractivity contribution < 1.29 is 18.3 Å². The maximum atomic E-state index is 13.8. The molecule has 0 aliphatic carbocycles. The molecule has 1 aliphatic rings. The summed E-state index contributed by atoms with van der Waals surface area (Å²) in [5, 5.41) is 3.28. The van der Waals surface area contributed by atoms with Gasteiger partial charge >= 0.3 is 12.6 Å². The van der Waals surface area contributed by atoms with Crippen molar-refractivity contribution in [3.63, 3.8) is 0 Å². The lowest BCUT2D eigenvalue weighted by molar-refractivity contribution is -0.0498. The fourth-order valence-electron chi connectivity index (χ4n) is 4.19. The van der Waals surface area contributed by atoms with Crippen molar-refractivity contribution in [3.05, 3.63) is 72.6 Å². The fraction of sp³-hybridized carbons (Fsp3) is 0.200. The second kappa shape index (κ2) is 8.66. The Morgan fingerprint density at radius 2 is 1.82 bits per heavy atom. The molecule has 34 heavy (non-hydrogen) atoms. The fourth-order valence-corrected chi connectivity index (χ4v) is 4.19. The molecular weight excluding hydrogens is 440 g/mol. The Morgan fingerprint density at radius 3 is 2.56 bits per heavy atom. The Labute approximate surface area is 195 Å². The maximum Gasteiger partial charge on any atom is 0.387 e. The molecule has 0 bridgehead atoms. The van der Waals surface area contributed by atoms with Crippen LogP contribution in [0.2, 0.25) is 0 Å². The Kier molecular flexibility index (Phi) is 5.53. The van der Waals surface area contributed by atoms with Gasteiger partial charge in [-0.05, 0) is 67.1 Å². The number of carbonyl (C=O) groups is 1. The van der Waals surface area contributed by atoms with E-state index in [4.69, 9.17) is 0 Å². The molecule has 7 nitrogen and oxygen atoms in total. The van der Waals surface area contributed by atoms with Gasteiger partial charge in [0.1, 0.15) is 5.75 Å². The molecule has 5 rings (SSSR count). The molecule has 174 valence electrons. The third kappa shape index (κ3) is 3.89. The van der Waals surface area contributed by atoms with E-state index in [9.17, 15) is 13.6 Å². The molecule has 1 aromatic heterocycles. The molecule has 0 spiro atoms. The number of nitrogens with one attached hydrogen (secondary N) is 1.